The van der Waals surface area contributed by atoms with Crippen molar-refractivity contribution >= 4 is 5.69 Å². The predicted molar refractivity (Wildman–Crippen MR) is 90.7 cm³/mol. The summed E-state index contributed by atoms with van der Waals surface area (Å²) in [4.78, 5) is 0. The Balaban J connectivity index is 1.43. The zero-order valence-electron chi connectivity index (χ0n) is 13.5. The molecule has 3 rings (SSSR count). The van der Waals surface area contributed by atoms with Gasteiger partial charge in [-0.3, -0.25) is 0 Å². The van der Waals surface area contributed by atoms with Crippen LogP contribution < -0.4 is 10.6 Å². The lowest BCUT2D eigenvalue weighted by molar-refractivity contribution is 0.275. The molecule has 1 saturated carbocycles. The fraction of sp³-hybridized carbons (Fsp3) is 0.684. The van der Waals surface area contributed by atoms with E-state index in [1.807, 2.05) is 0 Å². The second-order valence-electron chi connectivity index (χ2n) is 7.07. The summed E-state index contributed by atoms with van der Waals surface area (Å²) in [6.07, 6.45) is 9.65. The summed E-state index contributed by atoms with van der Waals surface area (Å²) in [5.74, 6) is 1.94. The van der Waals surface area contributed by atoms with Crippen LogP contribution in [-0.2, 0) is 13.0 Å². The molecule has 1 aliphatic heterocycles. The minimum Gasteiger partial charge on any atom is -0.385 e. The molecule has 2 N–H and O–H groups in total. The third kappa shape index (κ3) is 4.00. The van der Waals surface area contributed by atoms with Crippen LogP contribution in [0.5, 0.6) is 0 Å². The number of rotatable bonds is 5. The van der Waals surface area contributed by atoms with Crippen molar-refractivity contribution in [3.05, 3.63) is 29.3 Å². The van der Waals surface area contributed by atoms with Gasteiger partial charge >= 0.3 is 0 Å². The third-order valence-corrected chi connectivity index (χ3v) is 5.34. The van der Waals surface area contributed by atoms with Gasteiger partial charge in [0, 0.05) is 18.8 Å². The molecule has 0 atom stereocenters. The van der Waals surface area contributed by atoms with E-state index in [-0.39, 0.29) is 0 Å². The van der Waals surface area contributed by atoms with Crippen molar-refractivity contribution in [1.82, 2.24) is 5.32 Å². The van der Waals surface area contributed by atoms with Gasteiger partial charge in [0.05, 0.1) is 0 Å². The first-order valence-corrected chi connectivity index (χ1v) is 8.88. The van der Waals surface area contributed by atoms with Crippen molar-refractivity contribution in [2.45, 2.75) is 58.4 Å². The highest BCUT2D eigenvalue weighted by Gasteiger charge is 2.17. The lowest BCUT2D eigenvalue weighted by atomic mass is 9.81. The number of benzene rings is 1. The van der Waals surface area contributed by atoms with E-state index < -0.39 is 0 Å². The fourth-order valence-electron chi connectivity index (χ4n) is 3.88. The first kappa shape index (κ1) is 14.9. The van der Waals surface area contributed by atoms with Gasteiger partial charge in [-0.05, 0) is 48.8 Å². The molecule has 1 aromatic rings. The summed E-state index contributed by atoms with van der Waals surface area (Å²) in [7, 11) is 0. The van der Waals surface area contributed by atoms with E-state index in [0.29, 0.717) is 0 Å². The van der Waals surface area contributed by atoms with Crippen LogP contribution in [0.1, 0.15) is 56.6 Å². The van der Waals surface area contributed by atoms with Crippen LogP contribution in [0.15, 0.2) is 18.2 Å². The van der Waals surface area contributed by atoms with E-state index in [9.17, 15) is 0 Å². The number of fused-ring (bicyclic) bond motifs is 1. The lowest BCUT2D eigenvalue weighted by Gasteiger charge is -2.26. The summed E-state index contributed by atoms with van der Waals surface area (Å²) in [5, 5.41) is 7.26. The zero-order chi connectivity index (χ0) is 14.5. The molecule has 0 bridgehead atoms. The first-order valence-electron chi connectivity index (χ1n) is 8.88. The Labute approximate surface area is 129 Å². The predicted octanol–water partition coefficient (Wildman–Crippen LogP) is 4.35. The smallest absolute Gasteiger partial charge is 0.0418 e. The van der Waals surface area contributed by atoms with Crippen molar-refractivity contribution in [2.75, 3.05) is 18.4 Å². The van der Waals surface area contributed by atoms with Crippen LogP contribution in [0.2, 0.25) is 0 Å². The summed E-state index contributed by atoms with van der Waals surface area (Å²) in [6, 6.07) is 6.76. The minimum absolute atomic E-state index is 0.969. The number of para-hydroxylation sites is 1. The Hall–Kier alpha value is -1.02. The van der Waals surface area contributed by atoms with Crippen molar-refractivity contribution in [2.24, 2.45) is 11.8 Å². The number of anilines is 1. The van der Waals surface area contributed by atoms with Gasteiger partial charge < -0.3 is 10.6 Å². The largest absolute Gasteiger partial charge is 0.385 e. The van der Waals surface area contributed by atoms with Gasteiger partial charge in [0.2, 0.25) is 0 Å². The normalized spacial score (nSPS) is 25.2. The van der Waals surface area contributed by atoms with E-state index in [4.69, 9.17) is 0 Å². The fourth-order valence-corrected chi connectivity index (χ4v) is 3.88. The first-order chi connectivity index (χ1) is 10.3. The Morgan fingerprint density at radius 3 is 2.90 bits per heavy atom. The highest BCUT2D eigenvalue weighted by Crippen LogP contribution is 2.30. The van der Waals surface area contributed by atoms with Crippen LogP contribution in [0.25, 0.3) is 0 Å². The Bertz CT molecular complexity index is 447. The van der Waals surface area contributed by atoms with Gasteiger partial charge in [-0.1, -0.05) is 50.8 Å². The highest BCUT2D eigenvalue weighted by molar-refractivity contribution is 5.59. The molecule has 0 amide bonds. The molecule has 21 heavy (non-hydrogen) atoms. The molecule has 0 unspecified atom stereocenters. The molecule has 0 aromatic heterocycles. The molecule has 1 aliphatic carbocycles. The minimum atomic E-state index is 0.969. The van der Waals surface area contributed by atoms with Gasteiger partial charge in [-0.15, -0.1) is 0 Å². The van der Waals surface area contributed by atoms with Crippen molar-refractivity contribution in [1.29, 1.82) is 0 Å². The van der Waals surface area contributed by atoms with Crippen molar-refractivity contribution in [3.8, 4) is 0 Å². The Morgan fingerprint density at radius 1 is 1.19 bits per heavy atom. The van der Waals surface area contributed by atoms with E-state index in [2.05, 4.69) is 35.8 Å². The van der Waals surface area contributed by atoms with E-state index >= 15 is 0 Å². The maximum absolute atomic E-state index is 3.67. The maximum Gasteiger partial charge on any atom is 0.0418 e. The van der Waals surface area contributed by atoms with Crippen LogP contribution in [0.3, 0.4) is 0 Å². The summed E-state index contributed by atoms with van der Waals surface area (Å²) < 4.78 is 0. The Kier molecular flexibility index (Phi) is 5.18. The molecule has 1 aromatic carbocycles. The van der Waals surface area contributed by atoms with Crippen LogP contribution in [0, 0.1) is 11.8 Å². The van der Waals surface area contributed by atoms with Crippen LogP contribution >= 0.6 is 0 Å². The van der Waals surface area contributed by atoms with E-state index in [0.717, 1.165) is 24.9 Å². The van der Waals surface area contributed by atoms with E-state index in [1.165, 1.54) is 68.3 Å². The number of hydrogen-bond acceptors (Lipinski definition) is 2. The molecule has 2 heteroatoms. The summed E-state index contributed by atoms with van der Waals surface area (Å²) >= 11 is 0. The van der Waals surface area contributed by atoms with Gasteiger partial charge in [0.15, 0.2) is 0 Å². The molecule has 116 valence electrons. The average Bonchev–Trinajstić information content (AvgIpc) is 2.53. The Morgan fingerprint density at radius 2 is 2.05 bits per heavy atom. The molecule has 0 spiro atoms. The maximum atomic E-state index is 3.67. The molecule has 1 heterocycles. The molecular weight excluding hydrogens is 256 g/mol. The average molecular weight is 286 g/mol. The third-order valence-electron chi connectivity index (χ3n) is 5.34. The quantitative estimate of drug-likeness (QED) is 0.786. The van der Waals surface area contributed by atoms with Crippen molar-refractivity contribution < 1.29 is 0 Å². The second-order valence-corrected chi connectivity index (χ2v) is 7.07. The van der Waals surface area contributed by atoms with Crippen LogP contribution in [-0.4, -0.2) is 13.1 Å². The summed E-state index contributed by atoms with van der Waals surface area (Å²) in [6.45, 7) is 5.71. The SMILES string of the molecule is CC1CCC(CCNCc2cccc3c2NCCC3)CC1. The highest BCUT2D eigenvalue weighted by atomic mass is 14.9. The van der Waals surface area contributed by atoms with Crippen molar-refractivity contribution in [3.63, 3.8) is 0 Å². The topological polar surface area (TPSA) is 24.1 Å². The summed E-state index contributed by atoms with van der Waals surface area (Å²) in [5.41, 5.74) is 4.36. The molecule has 2 nitrogen and oxygen atoms in total. The molecule has 0 radical (unpaired) electrons. The zero-order valence-corrected chi connectivity index (χ0v) is 13.5. The molecule has 0 saturated heterocycles. The molecule has 1 fully saturated rings. The molecule has 2 aliphatic rings. The molecular formula is C19H30N2. The number of hydrogen-bond donors (Lipinski definition) is 2. The van der Waals surface area contributed by atoms with Gasteiger partial charge in [0.25, 0.3) is 0 Å². The standard InChI is InChI=1S/C19H30N2/c1-15-7-9-16(10-8-15)11-13-20-14-18-5-2-4-17-6-3-12-21-19(17)18/h2,4-5,15-16,20-21H,3,6-14H2,1H3. The van der Waals surface area contributed by atoms with Crippen LogP contribution in [0.4, 0.5) is 5.69 Å². The number of nitrogens with one attached hydrogen (secondary N) is 2. The van der Waals surface area contributed by atoms with Gasteiger partial charge in [0.1, 0.15) is 0 Å². The number of aryl methyl sites for hydroxylation is 1. The van der Waals surface area contributed by atoms with E-state index in [1.54, 1.807) is 0 Å². The lowest BCUT2D eigenvalue weighted by Crippen LogP contribution is -2.22. The second kappa shape index (κ2) is 7.31. The van der Waals surface area contributed by atoms with Gasteiger partial charge in [-0.2, -0.15) is 0 Å². The van der Waals surface area contributed by atoms with Gasteiger partial charge in [-0.25, -0.2) is 0 Å². The monoisotopic (exact) mass is 286 g/mol.